The highest BCUT2D eigenvalue weighted by Gasteiger charge is 2.45. The molecule has 1 fully saturated rings. The summed E-state index contributed by atoms with van der Waals surface area (Å²) >= 11 is 6.09. The highest BCUT2D eigenvalue weighted by Crippen LogP contribution is 2.46. The molecule has 6 nitrogen and oxygen atoms in total. The van der Waals surface area contributed by atoms with Crippen molar-refractivity contribution in [2.75, 3.05) is 13.2 Å². The molecular weight excluding hydrogens is 409 g/mol. The summed E-state index contributed by atoms with van der Waals surface area (Å²) in [6.45, 7) is 1.18. The summed E-state index contributed by atoms with van der Waals surface area (Å²) in [7, 11) is 0. The summed E-state index contributed by atoms with van der Waals surface area (Å²) in [5, 5.41) is 18.1. The van der Waals surface area contributed by atoms with Crippen molar-refractivity contribution < 1.29 is 19.0 Å². The van der Waals surface area contributed by atoms with Crippen LogP contribution in [0.15, 0.2) is 42.5 Å². The molecule has 1 aromatic heterocycles. The number of nitrogens with one attached hydrogen (secondary N) is 1. The predicted octanol–water partition coefficient (Wildman–Crippen LogP) is 4.30. The average molecular weight is 428 g/mol. The number of rotatable bonds is 3. The van der Waals surface area contributed by atoms with Crippen LogP contribution in [0.2, 0.25) is 5.02 Å². The van der Waals surface area contributed by atoms with Gasteiger partial charge < -0.3 is 14.7 Å². The molecule has 2 aliphatic rings. The van der Waals surface area contributed by atoms with Gasteiger partial charge in [0.25, 0.3) is 5.91 Å². The third-order valence-electron chi connectivity index (χ3n) is 5.79. The van der Waals surface area contributed by atoms with Crippen molar-refractivity contribution in [2.45, 2.75) is 24.9 Å². The minimum absolute atomic E-state index is 0.00156. The fraction of sp³-hybridized carbons (Fsp3) is 0.273. The number of carbonyl (C=O) groups is 1. The van der Waals surface area contributed by atoms with Gasteiger partial charge in [0.15, 0.2) is 0 Å². The Hall–Kier alpha value is -2.90. The Morgan fingerprint density at radius 3 is 2.63 bits per heavy atom. The number of amides is 1. The number of benzene rings is 2. The van der Waals surface area contributed by atoms with E-state index < -0.39 is 11.9 Å². The second-order valence-corrected chi connectivity index (χ2v) is 7.97. The zero-order chi connectivity index (χ0) is 20.8. The van der Waals surface area contributed by atoms with E-state index in [1.165, 1.54) is 18.2 Å². The Kier molecular flexibility index (Phi) is 4.72. The van der Waals surface area contributed by atoms with E-state index in [1.54, 1.807) is 12.1 Å². The van der Waals surface area contributed by atoms with Crippen LogP contribution >= 0.6 is 11.6 Å². The van der Waals surface area contributed by atoms with Gasteiger partial charge in [-0.1, -0.05) is 23.7 Å². The number of hydrogen-bond donors (Lipinski definition) is 2. The van der Waals surface area contributed by atoms with Crippen molar-refractivity contribution >= 4 is 17.5 Å². The van der Waals surface area contributed by atoms with Gasteiger partial charge in [-0.2, -0.15) is 5.10 Å². The third-order valence-corrected chi connectivity index (χ3v) is 6.04. The number of hydrogen-bond acceptors (Lipinski definition) is 4. The number of phenolic OH excluding ortho intramolecular Hbond substituents is 1. The molecule has 0 saturated carbocycles. The van der Waals surface area contributed by atoms with Gasteiger partial charge in [0.2, 0.25) is 0 Å². The van der Waals surface area contributed by atoms with Crippen LogP contribution in [-0.2, 0) is 4.74 Å². The van der Waals surface area contributed by atoms with Crippen molar-refractivity contribution in [2.24, 2.45) is 0 Å². The van der Waals surface area contributed by atoms with Crippen LogP contribution in [0.5, 0.6) is 5.75 Å². The second kappa shape index (κ2) is 7.41. The number of aromatic nitrogens is 2. The van der Waals surface area contributed by atoms with Crippen LogP contribution in [0.4, 0.5) is 4.39 Å². The van der Waals surface area contributed by atoms with Gasteiger partial charge >= 0.3 is 0 Å². The van der Waals surface area contributed by atoms with Gasteiger partial charge in [-0.3, -0.25) is 9.89 Å². The molecule has 30 heavy (non-hydrogen) atoms. The highest BCUT2D eigenvalue weighted by molar-refractivity contribution is 6.30. The molecule has 5 rings (SSSR count). The third kappa shape index (κ3) is 3.05. The maximum atomic E-state index is 13.9. The van der Waals surface area contributed by atoms with E-state index in [1.807, 2.05) is 17.0 Å². The van der Waals surface area contributed by atoms with Crippen molar-refractivity contribution in [1.29, 1.82) is 0 Å². The summed E-state index contributed by atoms with van der Waals surface area (Å²) < 4.78 is 19.4. The van der Waals surface area contributed by atoms with E-state index in [0.717, 1.165) is 18.4 Å². The average Bonchev–Trinajstić information content (AvgIpc) is 3.30. The molecular formula is C22H19ClFN3O3. The largest absolute Gasteiger partial charge is 0.507 e. The minimum Gasteiger partial charge on any atom is -0.507 e. The Morgan fingerprint density at radius 1 is 1.17 bits per heavy atom. The van der Waals surface area contributed by atoms with Gasteiger partial charge in [0, 0.05) is 35.4 Å². The van der Waals surface area contributed by atoms with Gasteiger partial charge in [-0.05, 0) is 48.7 Å². The predicted molar refractivity (Wildman–Crippen MR) is 109 cm³/mol. The lowest BCUT2D eigenvalue weighted by Crippen LogP contribution is -2.42. The molecule has 2 aliphatic heterocycles. The normalized spacial score (nSPS) is 19.3. The first-order valence-electron chi connectivity index (χ1n) is 9.77. The van der Waals surface area contributed by atoms with Gasteiger partial charge in [0.1, 0.15) is 23.0 Å². The monoisotopic (exact) mass is 427 g/mol. The molecule has 1 saturated heterocycles. The van der Waals surface area contributed by atoms with Crippen molar-refractivity contribution in [1.82, 2.24) is 15.1 Å². The molecule has 8 heteroatoms. The molecule has 3 heterocycles. The Morgan fingerprint density at radius 2 is 1.90 bits per heavy atom. The quantitative estimate of drug-likeness (QED) is 0.653. The number of fused-ring (bicyclic) bond motifs is 1. The zero-order valence-corrected chi connectivity index (χ0v) is 16.7. The number of halogens is 2. The lowest BCUT2D eigenvalue weighted by Gasteiger charge is -2.36. The molecule has 1 amide bonds. The van der Waals surface area contributed by atoms with Crippen LogP contribution in [0.3, 0.4) is 0 Å². The maximum Gasteiger partial charge on any atom is 0.273 e. The molecule has 1 unspecified atom stereocenters. The lowest BCUT2D eigenvalue weighted by atomic mass is 9.94. The minimum atomic E-state index is -0.492. The molecule has 0 bridgehead atoms. The maximum absolute atomic E-state index is 13.9. The summed E-state index contributed by atoms with van der Waals surface area (Å²) in [6, 6.07) is 10.6. The lowest BCUT2D eigenvalue weighted by molar-refractivity contribution is 0.0246. The van der Waals surface area contributed by atoms with Gasteiger partial charge in [-0.25, -0.2) is 4.39 Å². The second-order valence-electron chi connectivity index (χ2n) is 7.53. The molecule has 2 aromatic carbocycles. The Labute approximate surface area is 177 Å². The van der Waals surface area contributed by atoms with Crippen LogP contribution < -0.4 is 0 Å². The first-order valence-corrected chi connectivity index (χ1v) is 10.2. The molecule has 3 aromatic rings. The number of nitrogens with zero attached hydrogens (tertiary/aromatic N) is 2. The fourth-order valence-corrected chi connectivity index (χ4v) is 4.51. The van der Waals surface area contributed by atoms with E-state index in [-0.39, 0.29) is 23.3 Å². The summed E-state index contributed by atoms with van der Waals surface area (Å²) in [4.78, 5) is 15.3. The first kappa shape index (κ1) is 19.1. The number of aromatic amines is 1. The van der Waals surface area contributed by atoms with Gasteiger partial charge in [0.05, 0.1) is 6.04 Å². The Balaban J connectivity index is 1.69. The summed E-state index contributed by atoms with van der Waals surface area (Å²) in [5.41, 5.74) is 2.48. The Bertz CT molecular complexity index is 1110. The van der Waals surface area contributed by atoms with Crippen molar-refractivity contribution in [3.05, 3.63) is 70.1 Å². The first-order chi connectivity index (χ1) is 14.5. The SMILES string of the molecule is O=C1c2[nH]nc(-c3cc(F)ccc3O)c2C(c2ccc(Cl)cc2)N1C1CCOCC1. The molecule has 2 N–H and O–H groups in total. The fourth-order valence-electron chi connectivity index (χ4n) is 4.38. The molecule has 154 valence electrons. The standard InChI is InChI=1S/C22H19ClFN3O3/c23-13-3-1-12(2-4-13)21-18-19(16-11-14(24)5-6-17(16)28)25-26-20(18)22(29)27(21)15-7-9-30-10-8-15/h1-6,11,15,21,28H,7-10H2,(H,25,26). The van der Waals surface area contributed by atoms with Crippen LogP contribution in [0.25, 0.3) is 11.3 Å². The molecule has 1 atom stereocenters. The van der Waals surface area contributed by atoms with Crippen LogP contribution in [-0.4, -0.2) is 45.4 Å². The number of ether oxygens (including phenoxy) is 1. The number of carbonyl (C=O) groups excluding carboxylic acids is 1. The number of aromatic hydroxyl groups is 1. The summed E-state index contributed by atoms with van der Waals surface area (Å²) in [5.74, 6) is -0.753. The zero-order valence-electron chi connectivity index (χ0n) is 15.9. The number of H-pyrrole nitrogens is 1. The smallest absolute Gasteiger partial charge is 0.273 e. The highest BCUT2D eigenvalue weighted by atomic mass is 35.5. The van der Waals surface area contributed by atoms with Crippen LogP contribution in [0, 0.1) is 5.82 Å². The molecule has 0 spiro atoms. The van der Waals surface area contributed by atoms with E-state index >= 15 is 0 Å². The van der Waals surface area contributed by atoms with Crippen LogP contribution in [0.1, 0.15) is 40.5 Å². The topological polar surface area (TPSA) is 78.5 Å². The number of phenols is 1. The van der Waals surface area contributed by atoms with E-state index in [0.29, 0.717) is 35.2 Å². The van der Waals surface area contributed by atoms with E-state index in [2.05, 4.69) is 10.2 Å². The van der Waals surface area contributed by atoms with Crippen molar-refractivity contribution in [3.8, 4) is 17.0 Å². The van der Waals surface area contributed by atoms with Gasteiger partial charge in [-0.15, -0.1) is 0 Å². The molecule has 0 aliphatic carbocycles. The van der Waals surface area contributed by atoms with Crippen molar-refractivity contribution in [3.63, 3.8) is 0 Å². The summed E-state index contributed by atoms with van der Waals surface area (Å²) in [6.07, 6.45) is 1.46. The van der Waals surface area contributed by atoms with E-state index in [4.69, 9.17) is 16.3 Å². The van der Waals surface area contributed by atoms with E-state index in [9.17, 15) is 14.3 Å². The molecule has 0 radical (unpaired) electrons.